The van der Waals surface area contributed by atoms with Gasteiger partial charge in [0, 0.05) is 30.2 Å². The van der Waals surface area contributed by atoms with E-state index in [-0.39, 0.29) is 5.82 Å². The van der Waals surface area contributed by atoms with Crippen molar-refractivity contribution in [3.8, 4) is 0 Å². The second-order valence-electron chi connectivity index (χ2n) is 5.32. The largest absolute Gasteiger partial charge is 0.382 e. The lowest BCUT2D eigenvalue weighted by Crippen LogP contribution is -2.16. The Hall–Kier alpha value is -3.21. The van der Waals surface area contributed by atoms with Crippen molar-refractivity contribution in [2.45, 2.75) is 13.8 Å². The SMILES string of the molecule is C=N/C(N)=C(\N=C(C)c1cccnc1)C(=C)NC/C=C\C=C/C(=C)C. The minimum absolute atomic E-state index is 0.215. The minimum atomic E-state index is 0.215. The van der Waals surface area contributed by atoms with Crippen LogP contribution in [0.15, 0.2) is 94.8 Å². The summed E-state index contributed by atoms with van der Waals surface area (Å²) in [5, 5.41) is 3.16. The minimum Gasteiger partial charge on any atom is -0.382 e. The maximum atomic E-state index is 5.92. The lowest BCUT2D eigenvalue weighted by Gasteiger charge is -2.11. The molecule has 1 heterocycles. The number of aromatic nitrogens is 1. The smallest absolute Gasteiger partial charge is 0.150 e. The highest BCUT2D eigenvalue weighted by molar-refractivity contribution is 5.99. The summed E-state index contributed by atoms with van der Waals surface area (Å²) in [4.78, 5) is 12.4. The summed E-state index contributed by atoms with van der Waals surface area (Å²) in [5.41, 5.74) is 9.61. The molecule has 1 rings (SSSR count). The average Bonchev–Trinajstić information content (AvgIpc) is 2.62. The van der Waals surface area contributed by atoms with Crippen LogP contribution >= 0.6 is 0 Å². The van der Waals surface area contributed by atoms with Crippen LogP contribution in [0, 0.1) is 0 Å². The Morgan fingerprint density at radius 2 is 2.08 bits per heavy atom. The molecular formula is C20H25N5. The van der Waals surface area contributed by atoms with Crippen LogP contribution in [0.25, 0.3) is 0 Å². The van der Waals surface area contributed by atoms with Gasteiger partial charge in [-0.15, -0.1) is 0 Å². The van der Waals surface area contributed by atoms with Gasteiger partial charge in [-0.25, -0.2) is 9.98 Å². The van der Waals surface area contributed by atoms with E-state index in [0.29, 0.717) is 17.9 Å². The number of pyridine rings is 1. The normalized spacial score (nSPS) is 13.0. The standard InChI is InChI=1S/C20H25N5/c1-15(2)10-7-6-8-13-24-17(4)19(20(21)22-5)25-16(3)18-11-9-12-23-14-18/h6-12,14,24H,1,4-5,13,21H2,2-3H3/b8-6-,10-7-,20-19-,25-16?. The molecule has 0 aliphatic rings. The lowest BCUT2D eigenvalue weighted by molar-refractivity contribution is 0.900. The van der Waals surface area contributed by atoms with Crippen LogP contribution in [-0.2, 0) is 0 Å². The summed E-state index contributed by atoms with van der Waals surface area (Å²) >= 11 is 0. The molecule has 0 spiro atoms. The molecule has 0 amide bonds. The van der Waals surface area contributed by atoms with Gasteiger partial charge in [0.05, 0.1) is 5.70 Å². The van der Waals surface area contributed by atoms with E-state index in [1.54, 1.807) is 12.4 Å². The van der Waals surface area contributed by atoms with E-state index in [0.717, 1.165) is 16.8 Å². The summed E-state index contributed by atoms with van der Waals surface area (Å²) in [6, 6.07) is 3.77. The molecule has 0 unspecified atom stereocenters. The van der Waals surface area contributed by atoms with Crippen LogP contribution in [0.3, 0.4) is 0 Å². The van der Waals surface area contributed by atoms with Crippen LogP contribution in [0.4, 0.5) is 0 Å². The zero-order valence-corrected chi connectivity index (χ0v) is 14.9. The molecule has 3 N–H and O–H groups in total. The molecule has 5 heteroatoms. The fourth-order valence-corrected chi connectivity index (χ4v) is 1.80. The fraction of sp³-hybridized carbons (Fsp3) is 0.150. The average molecular weight is 335 g/mol. The number of hydrogen-bond donors (Lipinski definition) is 2. The monoisotopic (exact) mass is 335 g/mol. The van der Waals surface area contributed by atoms with Gasteiger partial charge in [-0.3, -0.25) is 4.98 Å². The second-order valence-corrected chi connectivity index (χ2v) is 5.32. The maximum absolute atomic E-state index is 5.92. The van der Waals surface area contributed by atoms with Crippen molar-refractivity contribution in [3.05, 3.63) is 90.3 Å². The van der Waals surface area contributed by atoms with Crippen LogP contribution in [0.5, 0.6) is 0 Å². The van der Waals surface area contributed by atoms with Crippen molar-refractivity contribution in [3.63, 3.8) is 0 Å². The van der Waals surface area contributed by atoms with E-state index in [1.807, 2.05) is 50.3 Å². The van der Waals surface area contributed by atoms with Gasteiger partial charge in [0.25, 0.3) is 0 Å². The van der Waals surface area contributed by atoms with E-state index in [4.69, 9.17) is 5.73 Å². The first-order chi connectivity index (χ1) is 12.0. The molecule has 0 bridgehead atoms. The molecule has 0 radical (unpaired) electrons. The van der Waals surface area contributed by atoms with Crippen molar-refractivity contribution in [1.29, 1.82) is 0 Å². The number of nitrogens with zero attached hydrogens (tertiary/aromatic N) is 3. The van der Waals surface area contributed by atoms with Crippen LogP contribution < -0.4 is 11.1 Å². The van der Waals surface area contributed by atoms with Gasteiger partial charge in [0.2, 0.25) is 0 Å². The molecule has 0 aliphatic heterocycles. The molecule has 0 saturated carbocycles. The van der Waals surface area contributed by atoms with Gasteiger partial charge < -0.3 is 11.1 Å². The Morgan fingerprint density at radius 3 is 2.68 bits per heavy atom. The molecule has 5 nitrogen and oxygen atoms in total. The third-order valence-electron chi connectivity index (χ3n) is 3.12. The summed E-state index contributed by atoms with van der Waals surface area (Å²) in [6.45, 7) is 15.7. The molecule has 0 saturated heterocycles. The van der Waals surface area contributed by atoms with E-state index >= 15 is 0 Å². The third kappa shape index (κ3) is 7.26. The Bertz CT molecular complexity index is 737. The fourth-order valence-electron chi connectivity index (χ4n) is 1.80. The highest BCUT2D eigenvalue weighted by Crippen LogP contribution is 2.13. The second kappa shape index (κ2) is 10.5. The number of nitrogens with two attached hydrogens (primary N) is 1. The Kier molecular flexibility index (Phi) is 8.37. The van der Waals surface area contributed by atoms with Gasteiger partial charge in [-0.05, 0) is 26.6 Å². The zero-order chi connectivity index (χ0) is 18.7. The van der Waals surface area contributed by atoms with E-state index in [9.17, 15) is 0 Å². The van der Waals surface area contributed by atoms with Crippen molar-refractivity contribution < 1.29 is 0 Å². The van der Waals surface area contributed by atoms with Crippen molar-refractivity contribution in [1.82, 2.24) is 10.3 Å². The van der Waals surface area contributed by atoms with Crippen molar-refractivity contribution >= 4 is 12.4 Å². The van der Waals surface area contributed by atoms with E-state index in [1.165, 1.54) is 0 Å². The molecule has 1 aromatic heterocycles. The third-order valence-corrected chi connectivity index (χ3v) is 3.12. The van der Waals surface area contributed by atoms with Crippen molar-refractivity contribution in [2.24, 2.45) is 15.7 Å². The highest BCUT2D eigenvalue weighted by Gasteiger charge is 2.07. The molecular weight excluding hydrogens is 310 g/mol. The molecule has 130 valence electrons. The van der Waals surface area contributed by atoms with Gasteiger partial charge in [0.15, 0.2) is 5.82 Å². The first-order valence-electron chi connectivity index (χ1n) is 7.79. The Morgan fingerprint density at radius 1 is 1.32 bits per heavy atom. The summed E-state index contributed by atoms with van der Waals surface area (Å²) in [7, 11) is 0. The van der Waals surface area contributed by atoms with Crippen LogP contribution in [0.2, 0.25) is 0 Å². The Labute approximate surface area is 149 Å². The highest BCUT2D eigenvalue weighted by atomic mass is 15.0. The van der Waals surface area contributed by atoms with Gasteiger partial charge in [-0.1, -0.05) is 49.1 Å². The molecule has 1 aromatic rings. The van der Waals surface area contributed by atoms with Gasteiger partial charge >= 0.3 is 0 Å². The van der Waals surface area contributed by atoms with Gasteiger partial charge in [-0.2, -0.15) is 0 Å². The molecule has 0 aromatic carbocycles. The van der Waals surface area contributed by atoms with Crippen LogP contribution in [-0.4, -0.2) is 24.0 Å². The predicted octanol–water partition coefficient (Wildman–Crippen LogP) is 3.51. The number of rotatable bonds is 9. The van der Waals surface area contributed by atoms with Gasteiger partial charge in [0.1, 0.15) is 5.70 Å². The maximum Gasteiger partial charge on any atom is 0.150 e. The molecule has 0 atom stereocenters. The predicted molar refractivity (Wildman–Crippen MR) is 107 cm³/mol. The van der Waals surface area contributed by atoms with Crippen LogP contribution in [0.1, 0.15) is 19.4 Å². The van der Waals surface area contributed by atoms with Crippen molar-refractivity contribution in [2.75, 3.05) is 6.54 Å². The topological polar surface area (TPSA) is 75.7 Å². The first kappa shape index (κ1) is 19.8. The number of hydrogen-bond acceptors (Lipinski definition) is 5. The first-order valence-corrected chi connectivity index (χ1v) is 7.79. The Balaban J connectivity index is 2.85. The quantitative estimate of drug-likeness (QED) is 0.535. The summed E-state index contributed by atoms with van der Waals surface area (Å²) < 4.78 is 0. The molecule has 0 aliphatic carbocycles. The van der Waals surface area contributed by atoms with E-state index in [2.05, 4.69) is 40.2 Å². The zero-order valence-electron chi connectivity index (χ0n) is 14.9. The molecule has 0 fully saturated rings. The number of nitrogens with one attached hydrogen (secondary N) is 1. The number of aliphatic imine (C=N–C) groups is 2. The van der Waals surface area contributed by atoms with E-state index < -0.39 is 0 Å². The summed E-state index contributed by atoms with van der Waals surface area (Å²) in [5.74, 6) is 0.215. The summed E-state index contributed by atoms with van der Waals surface area (Å²) in [6.07, 6.45) is 11.2. The number of allylic oxidation sites excluding steroid dienone is 4. The lowest BCUT2D eigenvalue weighted by atomic mass is 10.2. The molecule has 25 heavy (non-hydrogen) atoms.